The summed E-state index contributed by atoms with van der Waals surface area (Å²) in [6, 6.07) is 0. The Balaban J connectivity index is 2.27. The van der Waals surface area contributed by atoms with Gasteiger partial charge in [-0.25, -0.2) is 0 Å². The standard InChI is InChI=1S/C9H13NO3/c1-13-8(12)9-3-2-4-10(9)6-7(11)5-9/h2-6H2,1H3/t9-/m0/s1. The molecule has 2 heterocycles. The van der Waals surface area contributed by atoms with Crippen molar-refractivity contribution in [2.75, 3.05) is 20.2 Å². The van der Waals surface area contributed by atoms with Crippen LogP contribution in [0.5, 0.6) is 0 Å². The number of carbonyl (C=O) groups is 2. The first kappa shape index (κ1) is 8.69. The first-order valence-electron chi connectivity index (χ1n) is 4.54. The van der Waals surface area contributed by atoms with E-state index in [-0.39, 0.29) is 11.8 Å². The van der Waals surface area contributed by atoms with Crippen LogP contribution in [-0.2, 0) is 14.3 Å². The van der Waals surface area contributed by atoms with Crippen LogP contribution in [0.15, 0.2) is 0 Å². The maximum atomic E-state index is 11.5. The molecule has 0 unspecified atom stereocenters. The average molecular weight is 183 g/mol. The van der Waals surface area contributed by atoms with E-state index in [1.165, 1.54) is 7.11 Å². The number of esters is 1. The van der Waals surface area contributed by atoms with Gasteiger partial charge in [-0.1, -0.05) is 0 Å². The van der Waals surface area contributed by atoms with Gasteiger partial charge in [0.15, 0.2) is 0 Å². The Morgan fingerprint density at radius 1 is 1.62 bits per heavy atom. The van der Waals surface area contributed by atoms with Gasteiger partial charge in [0, 0.05) is 6.42 Å². The number of rotatable bonds is 1. The summed E-state index contributed by atoms with van der Waals surface area (Å²) in [7, 11) is 1.39. The zero-order valence-electron chi connectivity index (χ0n) is 7.71. The lowest BCUT2D eigenvalue weighted by molar-refractivity contribution is -0.152. The van der Waals surface area contributed by atoms with Gasteiger partial charge >= 0.3 is 5.97 Å². The van der Waals surface area contributed by atoms with Crippen LogP contribution in [0.3, 0.4) is 0 Å². The number of hydrogen-bond donors (Lipinski definition) is 0. The molecule has 2 aliphatic rings. The van der Waals surface area contributed by atoms with Crippen molar-refractivity contribution in [3.63, 3.8) is 0 Å². The molecule has 2 rings (SSSR count). The fourth-order valence-corrected chi connectivity index (χ4v) is 2.45. The minimum absolute atomic E-state index is 0.158. The van der Waals surface area contributed by atoms with Crippen LogP contribution in [0.4, 0.5) is 0 Å². The van der Waals surface area contributed by atoms with Gasteiger partial charge in [-0.15, -0.1) is 0 Å². The fourth-order valence-electron chi connectivity index (χ4n) is 2.45. The number of Topliss-reactive ketones (excluding diaryl/α,β-unsaturated/α-hetero) is 1. The maximum Gasteiger partial charge on any atom is 0.326 e. The van der Waals surface area contributed by atoms with Crippen LogP contribution < -0.4 is 0 Å². The maximum absolute atomic E-state index is 11.5. The highest BCUT2D eigenvalue weighted by Gasteiger charge is 2.54. The van der Waals surface area contributed by atoms with Gasteiger partial charge in [0.1, 0.15) is 11.3 Å². The number of fused-ring (bicyclic) bond motifs is 1. The van der Waals surface area contributed by atoms with E-state index < -0.39 is 5.54 Å². The summed E-state index contributed by atoms with van der Waals surface area (Å²) in [5.41, 5.74) is -0.591. The van der Waals surface area contributed by atoms with Crippen molar-refractivity contribution in [3.05, 3.63) is 0 Å². The van der Waals surface area contributed by atoms with Crippen LogP contribution in [-0.4, -0.2) is 42.4 Å². The number of hydrogen-bond acceptors (Lipinski definition) is 4. The predicted molar refractivity (Wildman–Crippen MR) is 45.2 cm³/mol. The van der Waals surface area contributed by atoms with Gasteiger partial charge in [0.2, 0.25) is 0 Å². The van der Waals surface area contributed by atoms with Crippen molar-refractivity contribution >= 4 is 11.8 Å². The van der Waals surface area contributed by atoms with Gasteiger partial charge in [-0.05, 0) is 19.4 Å². The van der Waals surface area contributed by atoms with Crippen LogP contribution in [0.2, 0.25) is 0 Å². The van der Waals surface area contributed by atoms with Crippen LogP contribution >= 0.6 is 0 Å². The third kappa shape index (κ3) is 1.09. The zero-order valence-corrected chi connectivity index (χ0v) is 7.71. The molecule has 1 atom stereocenters. The van der Waals surface area contributed by atoms with E-state index >= 15 is 0 Å². The second kappa shape index (κ2) is 2.80. The highest BCUT2D eigenvalue weighted by molar-refractivity contribution is 5.94. The molecule has 2 saturated heterocycles. The normalized spacial score (nSPS) is 33.5. The zero-order chi connectivity index (χ0) is 9.47. The SMILES string of the molecule is COC(=O)[C@@]12CCCN1CC(=O)C2. The lowest BCUT2D eigenvalue weighted by Gasteiger charge is -2.27. The highest BCUT2D eigenvalue weighted by Crippen LogP contribution is 2.38. The van der Waals surface area contributed by atoms with E-state index in [0.29, 0.717) is 13.0 Å². The Morgan fingerprint density at radius 3 is 3.08 bits per heavy atom. The number of ketones is 1. The molecule has 2 fully saturated rings. The summed E-state index contributed by atoms with van der Waals surface area (Å²) in [6.07, 6.45) is 2.10. The molecule has 0 saturated carbocycles. The second-order valence-corrected chi connectivity index (χ2v) is 3.76. The van der Waals surface area contributed by atoms with Crippen molar-refractivity contribution in [3.8, 4) is 0 Å². The monoisotopic (exact) mass is 183 g/mol. The average Bonchev–Trinajstić information content (AvgIpc) is 2.59. The van der Waals surface area contributed by atoms with Crippen LogP contribution in [0, 0.1) is 0 Å². The minimum Gasteiger partial charge on any atom is -0.468 e. The molecule has 4 heteroatoms. The topological polar surface area (TPSA) is 46.6 Å². The smallest absolute Gasteiger partial charge is 0.326 e. The Labute approximate surface area is 76.8 Å². The quantitative estimate of drug-likeness (QED) is 0.535. The first-order chi connectivity index (χ1) is 6.19. The molecule has 0 spiro atoms. The van der Waals surface area contributed by atoms with Crippen molar-refractivity contribution in [1.29, 1.82) is 0 Å². The molecule has 2 aliphatic heterocycles. The largest absolute Gasteiger partial charge is 0.468 e. The van der Waals surface area contributed by atoms with Crippen molar-refractivity contribution in [1.82, 2.24) is 4.90 Å². The molecule has 0 aromatic rings. The molecule has 0 aromatic heterocycles. The molecular weight excluding hydrogens is 170 g/mol. The molecule has 0 amide bonds. The van der Waals surface area contributed by atoms with E-state index in [0.717, 1.165) is 19.4 Å². The molecule has 4 nitrogen and oxygen atoms in total. The lowest BCUT2D eigenvalue weighted by atomic mass is 9.94. The summed E-state index contributed by atoms with van der Waals surface area (Å²) in [4.78, 5) is 24.7. The summed E-state index contributed by atoms with van der Waals surface area (Å²) >= 11 is 0. The third-order valence-corrected chi connectivity index (χ3v) is 3.05. The molecule has 0 bridgehead atoms. The summed E-state index contributed by atoms with van der Waals surface area (Å²) in [5, 5.41) is 0. The number of ether oxygens (including phenoxy) is 1. The summed E-state index contributed by atoms with van der Waals surface area (Å²) in [5.74, 6) is -0.0825. The Bertz CT molecular complexity index is 264. The van der Waals surface area contributed by atoms with Crippen LogP contribution in [0.25, 0.3) is 0 Å². The van der Waals surface area contributed by atoms with Gasteiger partial charge in [-0.3, -0.25) is 14.5 Å². The van der Waals surface area contributed by atoms with Crippen molar-refractivity contribution in [2.24, 2.45) is 0 Å². The van der Waals surface area contributed by atoms with Crippen molar-refractivity contribution < 1.29 is 14.3 Å². The van der Waals surface area contributed by atoms with E-state index in [1.54, 1.807) is 0 Å². The molecule has 0 aromatic carbocycles. The number of nitrogens with zero attached hydrogens (tertiary/aromatic N) is 1. The third-order valence-electron chi connectivity index (χ3n) is 3.05. The van der Waals surface area contributed by atoms with E-state index in [1.807, 2.05) is 4.90 Å². The number of methoxy groups -OCH3 is 1. The Morgan fingerprint density at radius 2 is 2.38 bits per heavy atom. The predicted octanol–water partition coefficient (Wildman–Crippen LogP) is -0.0332. The highest BCUT2D eigenvalue weighted by atomic mass is 16.5. The van der Waals surface area contributed by atoms with Gasteiger partial charge in [0.25, 0.3) is 0 Å². The summed E-state index contributed by atoms with van der Waals surface area (Å²) < 4.78 is 4.75. The summed E-state index contributed by atoms with van der Waals surface area (Å²) in [6.45, 7) is 1.27. The Hall–Kier alpha value is -0.900. The Kier molecular flexibility index (Phi) is 1.87. The molecular formula is C9H13NO3. The van der Waals surface area contributed by atoms with E-state index in [4.69, 9.17) is 4.74 Å². The first-order valence-corrected chi connectivity index (χ1v) is 4.54. The lowest BCUT2D eigenvalue weighted by Crippen LogP contribution is -2.46. The van der Waals surface area contributed by atoms with Gasteiger partial charge in [0.05, 0.1) is 13.7 Å². The molecule has 72 valence electrons. The fraction of sp³-hybridized carbons (Fsp3) is 0.778. The minimum atomic E-state index is -0.591. The van der Waals surface area contributed by atoms with Crippen molar-refractivity contribution in [2.45, 2.75) is 24.8 Å². The number of carbonyl (C=O) groups excluding carboxylic acids is 2. The van der Waals surface area contributed by atoms with Crippen LogP contribution in [0.1, 0.15) is 19.3 Å². The van der Waals surface area contributed by atoms with E-state index in [9.17, 15) is 9.59 Å². The molecule has 13 heavy (non-hydrogen) atoms. The van der Waals surface area contributed by atoms with Gasteiger partial charge in [-0.2, -0.15) is 0 Å². The second-order valence-electron chi connectivity index (χ2n) is 3.76. The molecule has 0 radical (unpaired) electrons. The molecule has 0 N–H and O–H groups in total. The molecule has 0 aliphatic carbocycles. The van der Waals surface area contributed by atoms with E-state index in [2.05, 4.69) is 0 Å². The van der Waals surface area contributed by atoms with Gasteiger partial charge < -0.3 is 4.74 Å².